The van der Waals surface area contributed by atoms with Crippen LogP contribution in [-0.2, 0) is 11.2 Å². The molecular formula is C21H27FN4O3. The van der Waals surface area contributed by atoms with Gasteiger partial charge in [-0.2, -0.15) is 0 Å². The van der Waals surface area contributed by atoms with E-state index in [0.717, 1.165) is 12.0 Å². The molecule has 0 heterocycles. The van der Waals surface area contributed by atoms with E-state index in [1.807, 2.05) is 25.1 Å². The van der Waals surface area contributed by atoms with Gasteiger partial charge in [0, 0.05) is 18.8 Å². The second kappa shape index (κ2) is 11.5. The van der Waals surface area contributed by atoms with Gasteiger partial charge in [-0.25, -0.2) is 9.38 Å². The molecule has 0 fully saturated rings. The summed E-state index contributed by atoms with van der Waals surface area (Å²) in [6.07, 6.45) is 0.743. The summed E-state index contributed by atoms with van der Waals surface area (Å²) in [5, 5.41) is 8.98. The summed E-state index contributed by atoms with van der Waals surface area (Å²) < 4.78 is 23.5. The number of amides is 1. The molecule has 3 N–H and O–H groups in total. The van der Waals surface area contributed by atoms with Crippen LogP contribution in [0.4, 0.5) is 10.1 Å². The Balaban J connectivity index is 1.87. The highest BCUT2D eigenvalue weighted by atomic mass is 19.1. The first kappa shape index (κ1) is 22.0. The number of halogens is 1. The van der Waals surface area contributed by atoms with Gasteiger partial charge in [0.25, 0.3) is 0 Å². The van der Waals surface area contributed by atoms with Gasteiger partial charge in [0.2, 0.25) is 5.91 Å². The van der Waals surface area contributed by atoms with Crippen molar-refractivity contribution in [3.05, 3.63) is 53.8 Å². The lowest BCUT2D eigenvalue weighted by Gasteiger charge is -2.13. The molecule has 2 rings (SSSR count). The van der Waals surface area contributed by atoms with Crippen LogP contribution in [0, 0.1) is 5.82 Å². The van der Waals surface area contributed by atoms with E-state index in [1.54, 1.807) is 14.2 Å². The van der Waals surface area contributed by atoms with Gasteiger partial charge in [-0.1, -0.05) is 6.07 Å². The standard InChI is InChI=1S/C21H27FN4O3/c1-4-23-21(25-14-20(27)26-17-8-6-16(22)7-9-17)24-12-11-15-5-10-18(28-2)19(13-15)29-3/h5-10,13H,4,11-12,14H2,1-3H3,(H,26,27)(H2,23,24,25). The van der Waals surface area contributed by atoms with Crippen molar-refractivity contribution >= 4 is 17.6 Å². The van der Waals surface area contributed by atoms with E-state index >= 15 is 0 Å². The minimum Gasteiger partial charge on any atom is -0.493 e. The van der Waals surface area contributed by atoms with Crippen molar-refractivity contribution in [2.75, 3.05) is 39.2 Å². The molecule has 0 aliphatic heterocycles. The molecule has 0 aliphatic rings. The fourth-order valence-electron chi connectivity index (χ4n) is 2.59. The number of benzene rings is 2. The average Bonchev–Trinajstić information content (AvgIpc) is 2.73. The predicted octanol–water partition coefficient (Wildman–Crippen LogP) is 2.58. The lowest BCUT2D eigenvalue weighted by Crippen LogP contribution is -2.39. The van der Waals surface area contributed by atoms with Crippen molar-refractivity contribution in [3.63, 3.8) is 0 Å². The molecular weight excluding hydrogens is 375 g/mol. The third kappa shape index (κ3) is 7.33. The van der Waals surface area contributed by atoms with Crippen LogP contribution >= 0.6 is 0 Å². The average molecular weight is 402 g/mol. The van der Waals surface area contributed by atoms with E-state index in [9.17, 15) is 9.18 Å². The topological polar surface area (TPSA) is 84.0 Å². The third-order valence-corrected chi connectivity index (χ3v) is 4.01. The van der Waals surface area contributed by atoms with Crippen molar-refractivity contribution in [1.82, 2.24) is 10.6 Å². The molecule has 8 heteroatoms. The van der Waals surface area contributed by atoms with Crippen molar-refractivity contribution < 1.29 is 18.7 Å². The number of carbonyl (C=O) groups excluding carboxylic acids is 1. The van der Waals surface area contributed by atoms with Gasteiger partial charge in [-0.05, 0) is 55.3 Å². The fourth-order valence-corrected chi connectivity index (χ4v) is 2.59. The van der Waals surface area contributed by atoms with E-state index < -0.39 is 0 Å². The van der Waals surface area contributed by atoms with Gasteiger partial charge in [0.1, 0.15) is 12.4 Å². The van der Waals surface area contributed by atoms with Crippen molar-refractivity contribution in [2.24, 2.45) is 4.99 Å². The molecule has 0 unspecified atom stereocenters. The van der Waals surface area contributed by atoms with Crippen molar-refractivity contribution in [2.45, 2.75) is 13.3 Å². The third-order valence-electron chi connectivity index (χ3n) is 4.01. The summed E-state index contributed by atoms with van der Waals surface area (Å²) in [6, 6.07) is 11.4. The van der Waals surface area contributed by atoms with Crippen LogP contribution < -0.4 is 25.4 Å². The number of ether oxygens (including phenoxy) is 2. The zero-order valence-electron chi connectivity index (χ0n) is 16.9. The van der Waals surface area contributed by atoms with Crippen LogP contribution in [0.2, 0.25) is 0 Å². The van der Waals surface area contributed by atoms with Crippen LogP contribution in [0.5, 0.6) is 11.5 Å². The summed E-state index contributed by atoms with van der Waals surface area (Å²) >= 11 is 0. The Labute approximate surface area is 170 Å². The van der Waals surface area contributed by atoms with Crippen molar-refractivity contribution in [3.8, 4) is 11.5 Å². The number of guanidine groups is 1. The SMILES string of the molecule is CCNC(=NCC(=O)Nc1ccc(F)cc1)NCCc1ccc(OC)c(OC)c1. The molecule has 1 amide bonds. The summed E-state index contributed by atoms with van der Waals surface area (Å²) in [7, 11) is 3.21. The van der Waals surface area contributed by atoms with Gasteiger partial charge < -0.3 is 25.4 Å². The Kier molecular flexibility index (Phi) is 8.75. The van der Waals surface area contributed by atoms with E-state index in [2.05, 4.69) is 20.9 Å². The summed E-state index contributed by atoms with van der Waals surface area (Å²) in [5.74, 6) is 1.28. The number of nitrogens with zero attached hydrogens (tertiary/aromatic N) is 1. The van der Waals surface area contributed by atoms with E-state index in [0.29, 0.717) is 36.2 Å². The predicted molar refractivity (Wildman–Crippen MR) is 112 cm³/mol. The van der Waals surface area contributed by atoms with Gasteiger partial charge >= 0.3 is 0 Å². The van der Waals surface area contributed by atoms with Crippen LogP contribution in [0.25, 0.3) is 0 Å². The van der Waals surface area contributed by atoms with E-state index in [-0.39, 0.29) is 18.3 Å². The Bertz CT molecular complexity index is 825. The largest absolute Gasteiger partial charge is 0.493 e. The first-order chi connectivity index (χ1) is 14.0. The number of anilines is 1. The first-order valence-corrected chi connectivity index (χ1v) is 9.34. The number of nitrogens with one attached hydrogen (secondary N) is 3. The highest BCUT2D eigenvalue weighted by Gasteiger charge is 2.06. The van der Waals surface area contributed by atoms with Crippen LogP contribution in [0.3, 0.4) is 0 Å². The minimum absolute atomic E-state index is 0.0525. The number of methoxy groups -OCH3 is 2. The molecule has 29 heavy (non-hydrogen) atoms. The molecule has 0 saturated carbocycles. The molecule has 0 aromatic heterocycles. The summed E-state index contributed by atoms with van der Waals surface area (Å²) in [6.45, 7) is 3.19. The molecule has 156 valence electrons. The van der Waals surface area contributed by atoms with Crippen LogP contribution in [-0.4, -0.2) is 45.7 Å². The van der Waals surface area contributed by atoms with E-state index in [1.165, 1.54) is 24.3 Å². The highest BCUT2D eigenvalue weighted by Crippen LogP contribution is 2.27. The smallest absolute Gasteiger partial charge is 0.246 e. The van der Waals surface area contributed by atoms with Crippen molar-refractivity contribution in [1.29, 1.82) is 0 Å². The number of carbonyl (C=O) groups is 1. The van der Waals surface area contributed by atoms with E-state index in [4.69, 9.17) is 9.47 Å². The molecule has 0 aliphatic carbocycles. The summed E-state index contributed by atoms with van der Waals surface area (Å²) in [5.41, 5.74) is 1.61. The Hall–Kier alpha value is -3.29. The molecule has 0 atom stereocenters. The molecule has 7 nitrogen and oxygen atoms in total. The quantitative estimate of drug-likeness (QED) is 0.444. The van der Waals surface area contributed by atoms with Crippen LogP contribution in [0.1, 0.15) is 12.5 Å². The van der Waals surface area contributed by atoms with Gasteiger partial charge in [-0.15, -0.1) is 0 Å². The maximum atomic E-state index is 12.9. The monoisotopic (exact) mass is 402 g/mol. The van der Waals surface area contributed by atoms with Gasteiger partial charge in [0.15, 0.2) is 17.5 Å². The normalized spacial score (nSPS) is 11.0. The Morgan fingerprint density at radius 2 is 1.76 bits per heavy atom. The number of rotatable bonds is 9. The maximum Gasteiger partial charge on any atom is 0.246 e. The Morgan fingerprint density at radius 3 is 2.41 bits per heavy atom. The number of hydrogen-bond acceptors (Lipinski definition) is 4. The zero-order chi connectivity index (χ0) is 21.1. The zero-order valence-corrected chi connectivity index (χ0v) is 16.9. The lowest BCUT2D eigenvalue weighted by molar-refractivity contribution is -0.114. The highest BCUT2D eigenvalue weighted by molar-refractivity contribution is 5.94. The molecule has 0 radical (unpaired) electrons. The van der Waals surface area contributed by atoms with Gasteiger partial charge in [0.05, 0.1) is 14.2 Å². The summed E-state index contributed by atoms with van der Waals surface area (Å²) in [4.78, 5) is 16.3. The molecule has 0 spiro atoms. The second-order valence-corrected chi connectivity index (χ2v) is 6.12. The second-order valence-electron chi connectivity index (χ2n) is 6.12. The van der Waals surface area contributed by atoms with Gasteiger partial charge in [-0.3, -0.25) is 4.79 Å². The first-order valence-electron chi connectivity index (χ1n) is 9.34. The number of aliphatic imine (C=N–C) groups is 1. The fraction of sp³-hybridized carbons (Fsp3) is 0.333. The Morgan fingerprint density at radius 1 is 1.03 bits per heavy atom. The minimum atomic E-state index is -0.353. The maximum absolute atomic E-state index is 12.9. The lowest BCUT2D eigenvalue weighted by atomic mass is 10.1. The molecule has 2 aromatic rings. The van der Waals surface area contributed by atoms with Crippen LogP contribution in [0.15, 0.2) is 47.5 Å². The molecule has 0 bridgehead atoms. The molecule has 0 saturated heterocycles. The molecule has 2 aromatic carbocycles. The number of hydrogen-bond donors (Lipinski definition) is 3.